The molecule has 2 N–H and O–H groups in total. The number of hydrogen-bond acceptors (Lipinski definition) is 4. The first-order chi connectivity index (χ1) is 12.0. The van der Waals surface area contributed by atoms with E-state index in [9.17, 15) is 4.79 Å². The third kappa shape index (κ3) is 4.79. The molecule has 0 spiro atoms. The lowest BCUT2D eigenvalue weighted by atomic mass is 10.1. The van der Waals surface area contributed by atoms with Crippen molar-refractivity contribution in [3.63, 3.8) is 0 Å². The molecule has 2 aromatic rings. The molecule has 0 radical (unpaired) electrons. The van der Waals surface area contributed by atoms with Gasteiger partial charge in [-0.15, -0.1) is 0 Å². The summed E-state index contributed by atoms with van der Waals surface area (Å²) in [6.45, 7) is 0.267. The number of carbonyl (C=O) groups excluding carboxylic acids is 1. The van der Waals surface area contributed by atoms with Gasteiger partial charge in [-0.3, -0.25) is 0 Å². The fourth-order valence-corrected chi connectivity index (χ4v) is 3.38. The molecule has 0 aromatic heterocycles. The van der Waals surface area contributed by atoms with E-state index in [1.165, 1.54) is 7.11 Å². The number of halogens is 2. The van der Waals surface area contributed by atoms with E-state index in [2.05, 4.69) is 42.5 Å². The van der Waals surface area contributed by atoms with Crippen LogP contribution in [0.4, 0.5) is 10.5 Å². The molecule has 2 rings (SSSR count). The molecule has 0 aliphatic heterocycles. The van der Waals surface area contributed by atoms with Crippen LogP contribution in [0.1, 0.15) is 5.56 Å². The second-order valence-electron chi connectivity index (χ2n) is 4.93. The highest BCUT2D eigenvalue weighted by atomic mass is 79.9. The molecular weight excluding hydrogens is 456 g/mol. The second kappa shape index (κ2) is 8.96. The van der Waals surface area contributed by atoms with Crippen molar-refractivity contribution in [1.82, 2.24) is 5.32 Å². The van der Waals surface area contributed by atoms with E-state index in [-0.39, 0.29) is 12.6 Å². The van der Waals surface area contributed by atoms with Crippen LogP contribution in [0.25, 0.3) is 0 Å². The van der Waals surface area contributed by atoms with Gasteiger partial charge in [0.15, 0.2) is 11.5 Å². The van der Waals surface area contributed by atoms with Crippen molar-refractivity contribution in [2.45, 2.75) is 6.54 Å². The van der Waals surface area contributed by atoms with Gasteiger partial charge < -0.3 is 24.8 Å². The highest BCUT2D eigenvalue weighted by Gasteiger charge is 2.16. The zero-order valence-electron chi connectivity index (χ0n) is 14.0. The molecule has 2 aromatic carbocycles. The van der Waals surface area contributed by atoms with Crippen LogP contribution in [0.2, 0.25) is 0 Å². The molecule has 0 unspecified atom stereocenters. The first kappa shape index (κ1) is 19.4. The zero-order chi connectivity index (χ0) is 18.4. The summed E-state index contributed by atoms with van der Waals surface area (Å²) >= 11 is 6.78. The van der Waals surface area contributed by atoms with E-state index in [0.717, 1.165) is 14.5 Å². The van der Waals surface area contributed by atoms with Crippen LogP contribution in [-0.2, 0) is 6.54 Å². The quantitative estimate of drug-likeness (QED) is 0.645. The fourth-order valence-electron chi connectivity index (χ4n) is 2.24. The first-order valence-electron chi connectivity index (χ1n) is 7.28. The lowest BCUT2D eigenvalue weighted by Gasteiger charge is -2.16. The fraction of sp³-hybridized carbons (Fsp3) is 0.235. The number of nitrogens with one attached hydrogen (secondary N) is 2. The van der Waals surface area contributed by atoms with Crippen molar-refractivity contribution < 1.29 is 19.0 Å². The third-order valence-electron chi connectivity index (χ3n) is 3.40. The lowest BCUT2D eigenvalue weighted by Crippen LogP contribution is -2.28. The van der Waals surface area contributed by atoms with E-state index in [4.69, 9.17) is 14.2 Å². The molecular formula is C17H18Br2N2O4. The van der Waals surface area contributed by atoms with E-state index in [1.54, 1.807) is 26.4 Å². The van der Waals surface area contributed by atoms with Crippen LogP contribution in [-0.4, -0.2) is 27.4 Å². The number of amides is 2. The Morgan fingerprint density at radius 1 is 1.00 bits per heavy atom. The summed E-state index contributed by atoms with van der Waals surface area (Å²) in [7, 11) is 4.63. The maximum atomic E-state index is 12.1. The van der Waals surface area contributed by atoms with Crippen LogP contribution in [0.3, 0.4) is 0 Å². The van der Waals surface area contributed by atoms with Crippen molar-refractivity contribution in [1.29, 1.82) is 0 Å². The number of benzene rings is 2. The van der Waals surface area contributed by atoms with Crippen molar-refractivity contribution in [2.75, 3.05) is 26.6 Å². The maximum Gasteiger partial charge on any atom is 0.319 e. The van der Waals surface area contributed by atoms with Gasteiger partial charge in [0.2, 0.25) is 5.75 Å². The number of carbonyl (C=O) groups is 1. The molecule has 0 saturated carbocycles. The summed E-state index contributed by atoms with van der Waals surface area (Å²) in [5.74, 6) is 1.57. The highest BCUT2D eigenvalue weighted by molar-refractivity contribution is 9.11. The minimum absolute atomic E-state index is 0.267. The molecule has 134 valence electrons. The number of ether oxygens (including phenoxy) is 3. The minimum Gasteiger partial charge on any atom is -0.493 e. The molecule has 0 aliphatic carbocycles. The average molecular weight is 474 g/mol. The average Bonchev–Trinajstić information content (AvgIpc) is 2.61. The van der Waals surface area contributed by atoms with Crippen molar-refractivity contribution in [2.24, 2.45) is 0 Å². The number of hydrogen-bond donors (Lipinski definition) is 2. The van der Waals surface area contributed by atoms with Gasteiger partial charge in [0.25, 0.3) is 0 Å². The molecule has 0 bridgehead atoms. The topological polar surface area (TPSA) is 68.8 Å². The summed E-state index contributed by atoms with van der Waals surface area (Å²) in [6.07, 6.45) is 0. The predicted octanol–water partition coefficient (Wildman–Crippen LogP) is 4.56. The normalized spacial score (nSPS) is 10.1. The predicted molar refractivity (Wildman–Crippen MR) is 104 cm³/mol. The van der Waals surface area contributed by atoms with Crippen LogP contribution in [0.5, 0.6) is 17.2 Å². The smallest absolute Gasteiger partial charge is 0.319 e. The Labute approximate surface area is 163 Å². The number of anilines is 1. The summed E-state index contributed by atoms with van der Waals surface area (Å²) < 4.78 is 17.7. The van der Waals surface area contributed by atoms with Gasteiger partial charge in [0.05, 0.1) is 27.0 Å². The molecule has 0 fully saturated rings. The van der Waals surface area contributed by atoms with Crippen molar-refractivity contribution >= 4 is 43.6 Å². The Bertz CT molecular complexity index is 769. The Morgan fingerprint density at radius 3 is 2.32 bits per heavy atom. The maximum absolute atomic E-state index is 12.1. The van der Waals surface area contributed by atoms with Gasteiger partial charge >= 0.3 is 6.03 Å². The van der Waals surface area contributed by atoms with Crippen LogP contribution in [0, 0.1) is 0 Å². The van der Waals surface area contributed by atoms with Crippen LogP contribution >= 0.6 is 31.9 Å². The third-order valence-corrected chi connectivity index (χ3v) is 4.55. The van der Waals surface area contributed by atoms with E-state index in [0.29, 0.717) is 22.9 Å². The summed E-state index contributed by atoms with van der Waals surface area (Å²) in [6, 6.07) is 8.74. The molecule has 2 amide bonds. The Kier molecular flexibility index (Phi) is 6.95. The number of rotatable bonds is 6. The SMILES string of the molecule is COc1ccc(CNC(=O)Nc2ccc(Br)cc2Br)c(OC)c1OC. The van der Waals surface area contributed by atoms with Gasteiger partial charge in [0, 0.05) is 21.1 Å². The van der Waals surface area contributed by atoms with Crippen LogP contribution < -0.4 is 24.8 Å². The Hall–Kier alpha value is -1.93. The lowest BCUT2D eigenvalue weighted by molar-refractivity contribution is 0.251. The Morgan fingerprint density at radius 2 is 1.72 bits per heavy atom. The summed E-state index contributed by atoms with van der Waals surface area (Å²) in [5.41, 5.74) is 1.44. The van der Waals surface area contributed by atoms with Gasteiger partial charge in [-0.2, -0.15) is 0 Å². The van der Waals surface area contributed by atoms with Gasteiger partial charge in [-0.05, 0) is 46.3 Å². The summed E-state index contributed by atoms with van der Waals surface area (Å²) in [4.78, 5) is 12.1. The van der Waals surface area contributed by atoms with Crippen LogP contribution in [0.15, 0.2) is 39.3 Å². The molecule has 8 heteroatoms. The molecule has 0 saturated heterocycles. The second-order valence-corrected chi connectivity index (χ2v) is 6.70. The zero-order valence-corrected chi connectivity index (χ0v) is 17.2. The molecule has 0 heterocycles. The monoisotopic (exact) mass is 472 g/mol. The van der Waals surface area contributed by atoms with Gasteiger partial charge in [-0.1, -0.05) is 15.9 Å². The largest absolute Gasteiger partial charge is 0.493 e. The molecule has 0 atom stereocenters. The minimum atomic E-state index is -0.333. The highest BCUT2D eigenvalue weighted by Crippen LogP contribution is 2.39. The number of methoxy groups -OCH3 is 3. The van der Waals surface area contributed by atoms with Crippen molar-refractivity contribution in [3.05, 3.63) is 44.8 Å². The molecule has 0 aliphatic rings. The van der Waals surface area contributed by atoms with Gasteiger partial charge in [-0.25, -0.2) is 4.79 Å². The van der Waals surface area contributed by atoms with Crippen molar-refractivity contribution in [3.8, 4) is 17.2 Å². The van der Waals surface area contributed by atoms with E-state index >= 15 is 0 Å². The molecule has 6 nitrogen and oxygen atoms in total. The standard InChI is InChI=1S/C17H18Br2N2O4/c1-23-14-7-4-10(15(24-2)16(14)25-3)9-20-17(22)21-13-6-5-11(18)8-12(13)19/h4-8H,9H2,1-3H3,(H2,20,21,22). The number of urea groups is 1. The molecule has 25 heavy (non-hydrogen) atoms. The van der Waals surface area contributed by atoms with E-state index in [1.807, 2.05) is 18.2 Å². The summed E-state index contributed by atoms with van der Waals surface area (Å²) in [5, 5.41) is 5.58. The Balaban J connectivity index is 2.09. The van der Waals surface area contributed by atoms with Gasteiger partial charge in [0.1, 0.15) is 0 Å². The first-order valence-corrected chi connectivity index (χ1v) is 8.86. The van der Waals surface area contributed by atoms with E-state index < -0.39 is 0 Å².